The predicted molar refractivity (Wildman–Crippen MR) is 84.3 cm³/mol. The Morgan fingerprint density at radius 3 is 2.71 bits per heavy atom. The van der Waals surface area contributed by atoms with Crippen LogP contribution in [0.1, 0.15) is 27.2 Å². The Hall–Kier alpha value is -2.89. The van der Waals surface area contributed by atoms with Gasteiger partial charge >= 0.3 is 0 Å². The Kier molecular flexibility index (Phi) is 3.97. The Bertz CT molecular complexity index is 866. The highest BCUT2D eigenvalue weighted by molar-refractivity contribution is 6.14. The lowest BCUT2D eigenvalue weighted by molar-refractivity contribution is -0.126. The number of furan rings is 1. The average Bonchev–Trinajstić information content (AvgIpc) is 3.10. The minimum absolute atomic E-state index is 0.0227. The quantitative estimate of drug-likeness (QED) is 0.876. The lowest BCUT2D eigenvalue weighted by Crippen LogP contribution is -2.22. The number of halogens is 1. The number of likely N-dealkylation sites (N-methyl/N-ethyl adjacent to an activating group) is 1. The van der Waals surface area contributed by atoms with Crippen molar-refractivity contribution in [3.63, 3.8) is 0 Å². The SMILES string of the molecule is Cc1cc(F)ccc1Cc1ccoc1C(=O)C1=C(O)C(=O)N(C)C1. The van der Waals surface area contributed by atoms with Gasteiger partial charge in [-0.2, -0.15) is 0 Å². The monoisotopic (exact) mass is 329 g/mol. The zero-order chi connectivity index (χ0) is 17.4. The van der Waals surface area contributed by atoms with E-state index in [-0.39, 0.29) is 23.7 Å². The molecule has 0 bridgehead atoms. The zero-order valence-corrected chi connectivity index (χ0v) is 13.3. The highest BCUT2D eigenvalue weighted by atomic mass is 19.1. The summed E-state index contributed by atoms with van der Waals surface area (Å²) in [5.74, 6) is -1.86. The van der Waals surface area contributed by atoms with Gasteiger partial charge in [0.1, 0.15) is 5.82 Å². The summed E-state index contributed by atoms with van der Waals surface area (Å²) in [4.78, 5) is 25.5. The van der Waals surface area contributed by atoms with Gasteiger partial charge in [-0.3, -0.25) is 9.59 Å². The van der Waals surface area contributed by atoms with E-state index in [0.29, 0.717) is 12.0 Å². The van der Waals surface area contributed by atoms with E-state index < -0.39 is 17.4 Å². The largest absolute Gasteiger partial charge is 0.503 e. The van der Waals surface area contributed by atoms with Gasteiger partial charge in [0.25, 0.3) is 5.91 Å². The summed E-state index contributed by atoms with van der Waals surface area (Å²) in [5, 5.41) is 9.84. The number of rotatable bonds is 4. The normalized spacial score (nSPS) is 14.6. The lowest BCUT2D eigenvalue weighted by Gasteiger charge is -2.08. The van der Waals surface area contributed by atoms with E-state index in [1.54, 1.807) is 19.1 Å². The highest BCUT2D eigenvalue weighted by Crippen LogP contribution is 2.25. The minimum atomic E-state index is -0.583. The first-order valence-electron chi connectivity index (χ1n) is 7.42. The zero-order valence-electron chi connectivity index (χ0n) is 13.3. The maximum Gasteiger partial charge on any atom is 0.289 e. The highest BCUT2D eigenvalue weighted by Gasteiger charge is 2.34. The molecule has 1 amide bonds. The first kappa shape index (κ1) is 16.0. The minimum Gasteiger partial charge on any atom is -0.503 e. The van der Waals surface area contributed by atoms with Crippen molar-refractivity contribution in [3.8, 4) is 0 Å². The van der Waals surface area contributed by atoms with Crippen molar-refractivity contribution in [2.75, 3.05) is 13.6 Å². The van der Waals surface area contributed by atoms with E-state index in [1.807, 2.05) is 0 Å². The molecule has 1 aromatic carbocycles. The molecule has 24 heavy (non-hydrogen) atoms. The van der Waals surface area contributed by atoms with Crippen LogP contribution in [0.4, 0.5) is 4.39 Å². The fourth-order valence-corrected chi connectivity index (χ4v) is 2.75. The van der Waals surface area contributed by atoms with E-state index in [0.717, 1.165) is 11.1 Å². The summed E-state index contributed by atoms with van der Waals surface area (Å²) in [6.45, 7) is 1.83. The van der Waals surface area contributed by atoms with Crippen LogP contribution in [0.5, 0.6) is 0 Å². The molecule has 1 N–H and O–H groups in total. The molecule has 6 heteroatoms. The molecule has 1 aromatic heterocycles. The Morgan fingerprint density at radius 2 is 2.08 bits per heavy atom. The molecule has 5 nitrogen and oxygen atoms in total. The van der Waals surface area contributed by atoms with E-state index in [4.69, 9.17) is 4.42 Å². The van der Waals surface area contributed by atoms with Gasteiger partial charge in [-0.25, -0.2) is 4.39 Å². The van der Waals surface area contributed by atoms with Crippen molar-refractivity contribution in [1.82, 2.24) is 4.90 Å². The first-order chi connectivity index (χ1) is 11.4. The van der Waals surface area contributed by atoms with Crippen LogP contribution in [-0.2, 0) is 11.2 Å². The van der Waals surface area contributed by atoms with Gasteiger partial charge in [-0.15, -0.1) is 0 Å². The van der Waals surface area contributed by atoms with Gasteiger partial charge in [-0.05, 0) is 36.2 Å². The van der Waals surface area contributed by atoms with E-state index in [2.05, 4.69) is 0 Å². The number of nitrogens with zero attached hydrogens (tertiary/aromatic N) is 1. The molecule has 0 fully saturated rings. The van der Waals surface area contributed by atoms with Crippen molar-refractivity contribution in [2.45, 2.75) is 13.3 Å². The summed E-state index contributed by atoms with van der Waals surface area (Å²) in [5.41, 5.74) is 2.28. The number of carbonyl (C=O) groups is 2. The molecule has 0 unspecified atom stereocenters. The molecule has 124 valence electrons. The molecule has 0 radical (unpaired) electrons. The number of aliphatic hydroxyl groups is 1. The van der Waals surface area contributed by atoms with Crippen molar-refractivity contribution in [1.29, 1.82) is 0 Å². The van der Waals surface area contributed by atoms with Gasteiger partial charge in [0, 0.05) is 19.0 Å². The van der Waals surface area contributed by atoms with Crippen LogP contribution in [0, 0.1) is 12.7 Å². The van der Waals surface area contributed by atoms with Crippen LogP contribution in [-0.4, -0.2) is 35.3 Å². The molecular formula is C18H16FNO4. The van der Waals surface area contributed by atoms with Gasteiger partial charge in [0.2, 0.25) is 5.78 Å². The second-order valence-corrected chi connectivity index (χ2v) is 5.84. The smallest absolute Gasteiger partial charge is 0.289 e. The molecule has 0 saturated heterocycles. The number of aliphatic hydroxyl groups excluding tert-OH is 1. The Morgan fingerprint density at radius 1 is 1.33 bits per heavy atom. The number of benzene rings is 1. The molecule has 2 heterocycles. The molecule has 3 rings (SSSR count). The van der Waals surface area contributed by atoms with Crippen LogP contribution < -0.4 is 0 Å². The standard InChI is InChI=1S/C18H16FNO4/c1-10-7-13(19)4-3-11(10)8-12-5-6-24-17(12)15(21)14-9-20(2)18(23)16(14)22/h3-7,22H,8-9H2,1-2H3. The third-order valence-electron chi connectivity index (χ3n) is 4.14. The topological polar surface area (TPSA) is 70.7 Å². The number of ketones is 1. The van der Waals surface area contributed by atoms with Crippen molar-refractivity contribution >= 4 is 11.7 Å². The number of carbonyl (C=O) groups excluding carboxylic acids is 2. The summed E-state index contributed by atoms with van der Waals surface area (Å²) >= 11 is 0. The van der Waals surface area contributed by atoms with Crippen molar-refractivity contribution in [2.24, 2.45) is 0 Å². The molecule has 0 saturated carbocycles. The summed E-state index contributed by atoms with van der Waals surface area (Å²) in [6, 6.07) is 6.11. The number of aryl methyl sites for hydroxylation is 1. The maximum atomic E-state index is 13.2. The number of hydrogen-bond acceptors (Lipinski definition) is 4. The summed E-state index contributed by atoms with van der Waals surface area (Å²) in [7, 11) is 1.50. The van der Waals surface area contributed by atoms with E-state index >= 15 is 0 Å². The van der Waals surface area contributed by atoms with E-state index in [9.17, 15) is 19.1 Å². The first-order valence-corrected chi connectivity index (χ1v) is 7.42. The molecule has 1 aliphatic rings. The van der Waals surface area contributed by atoms with Gasteiger partial charge in [0.05, 0.1) is 18.4 Å². The number of amides is 1. The Labute approximate surface area is 138 Å². The van der Waals surface area contributed by atoms with Gasteiger partial charge in [-0.1, -0.05) is 6.07 Å². The Balaban J connectivity index is 1.91. The average molecular weight is 329 g/mol. The maximum absolute atomic E-state index is 13.2. The second kappa shape index (κ2) is 5.96. The molecule has 2 aromatic rings. The molecular weight excluding hydrogens is 313 g/mol. The van der Waals surface area contributed by atoms with Crippen LogP contribution in [0.15, 0.2) is 46.3 Å². The fraction of sp³-hybridized carbons (Fsp3) is 0.222. The van der Waals surface area contributed by atoms with Gasteiger partial charge < -0.3 is 14.4 Å². The second-order valence-electron chi connectivity index (χ2n) is 5.84. The summed E-state index contributed by atoms with van der Waals surface area (Å²) < 4.78 is 18.5. The van der Waals surface area contributed by atoms with Crippen LogP contribution in [0.25, 0.3) is 0 Å². The lowest BCUT2D eigenvalue weighted by atomic mass is 9.98. The van der Waals surface area contributed by atoms with Crippen LogP contribution in [0.2, 0.25) is 0 Å². The molecule has 0 atom stereocenters. The fourth-order valence-electron chi connectivity index (χ4n) is 2.75. The number of Topliss-reactive ketones (excluding diaryl/α,β-unsaturated/α-hetero) is 1. The molecule has 0 spiro atoms. The van der Waals surface area contributed by atoms with Crippen LogP contribution in [0.3, 0.4) is 0 Å². The molecule has 1 aliphatic heterocycles. The number of hydrogen-bond donors (Lipinski definition) is 1. The van der Waals surface area contributed by atoms with Gasteiger partial charge in [0.15, 0.2) is 11.5 Å². The van der Waals surface area contributed by atoms with Crippen molar-refractivity contribution in [3.05, 3.63) is 70.1 Å². The third kappa shape index (κ3) is 2.71. The van der Waals surface area contributed by atoms with Crippen molar-refractivity contribution < 1.29 is 23.5 Å². The van der Waals surface area contributed by atoms with Crippen LogP contribution >= 0.6 is 0 Å². The summed E-state index contributed by atoms with van der Waals surface area (Å²) in [6.07, 6.45) is 1.78. The molecule has 0 aliphatic carbocycles. The predicted octanol–water partition coefficient (Wildman–Crippen LogP) is 2.78. The third-order valence-corrected chi connectivity index (χ3v) is 4.14. The van der Waals surface area contributed by atoms with E-state index in [1.165, 1.54) is 30.3 Å².